The van der Waals surface area contributed by atoms with Crippen molar-refractivity contribution in [2.24, 2.45) is 0 Å². The lowest BCUT2D eigenvalue weighted by Gasteiger charge is -2.48. The Morgan fingerprint density at radius 2 is 2.00 bits per heavy atom. The third-order valence-electron chi connectivity index (χ3n) is 8.95. The summed E-state index contributed by atoms with van der Waals surface area (Å²) in [5.74, 6) is 6.24. The van der Waals surface area contributed by atoms with Gasteiger partial charge < -0.3 is 10.0 Å². The number of nitrogens with zero attached hydrogens (tertiary/aromatic N) is 7. The van der Waals surface area contributed by atoms with Gasteiger partial charge in [-0.05, 0) is 57.9 Å². The zero-order valence-corrected chi connectivity index (χ0v) is 27.6. The summed E-state index contributed by atoms with van der Waals surface area (Å²) in [6, 6.07) is 10.1. The van der Waals surface area contributed by atoms with E-state index in [1.165, 1.54) is 28.7 Å². The van der Waals surface area contributed by atoms with Crippen molar-refractivity contribution in [3.8, 4) is 29.0 Å². The Balaban J connectivity index is 1.26. The first kappa shape index (κ1) is 30.8. The average molecular weight is 664 g/mol. The summed E-state index contributed by atoms with van der Waals surface area (Å²) in [4.78, 5) is 44.0. The van der Waals surface area contributed by atoms with Crippen LogP contribution in [0.1, 0.15) is 54.0 Å². The van der Waals surface area contributed by atoms with Gasteiger partial charge in [0, 0.05) is 64.5 Å². The van der Waals surface area contributed by atoms with Gasteiger partial charge in [0.2, 0.25) is 0 Å². The monoisotopic (exact) mass is 663 g/mol. The molecule has 1 saturated carbocycles. The van der Waals surface area contributed by atoms with Crippen molar-refractivity contribution in [3.63, 3.8) is 0 Å². The van der Waals surface area contributed by atoms with Gasteiger partial charge in [-0.15, -0.1) is 11.3 Å². The number of hydrogen-bond acceptors (Lipinski definition) is 9. The van der Waals surface area contributed by atoms with Crippen LogP contribution in [0.2, 0.25) is 5.02 Å². The number of nitriles is 1. The van der Waals surface area contributed by atoms with Gasteiger partial charge in [-0.1, -0.05) is 23.4 Å². The zero-order valence-electron chi connectivity index (χ0n) is 26.0. The van der Waals surface area contributed by atoms with Crippen LogP contribution < -0.4 is 10.5 Å². The molecular formula is C35H30ClN7O3S. The topological polar surface area (TPSA) is 128 Å². The minimum absolute atomic E-state index is 0.0394. The maximum absolute atomic E-state index is 14.0. The zero-order chi connectivity index (χ0) is 33.0. The molecule has 7 rings (SSSR count). The van der Waals surface area contributed by atoms with Crippen LogP contribution in [0.3, 0.4) is 0 Å². The molecule has 1 saturated heterocycles. The lowest BCUT2D eigenvalue weighted by molar-refractivity contribution is 0.0699. The van der Waals surface area contributed by atoms with Crippen molar-refractivity contribution in [3.05, 3.63) is 79.9 Å². The fourth-order valence-corrected chi connectivity index (χ4v) is 7.70. The highest BCUT2D eigenvalue weighted by Crippen LogP contribution is 2.37. The van der Waals surface area contributed by atoms with Gasteiger partial charge in [-0.2, -0.15) is 5.26 Å². The predicted octanol–water partition coefficient (Wildman–Crippen LogP) is 5.71. The van der Waals surface area contributed by atoms with Crippen LogP contribution in [0.4, 0.5) is 5.82 Å². The Morgan fingerprint density at radius 1 is 1.19 bits per heavy atom. The molecule has 0 bridgehead atoms. The minimum atomic E-state index is -1.04. The highest BCUT2D eigenvalue weighted by molar-refractivity contribution is 7.18. The number of halogens is 1. The van der Waals surface area contributed by atoms with Gasteiger partial charge in [-0.25, -0.2) is 14.8 Å². The van der Waals surface area contributed by atoms with Gasteiger partial charge in [-0.3, -0.25) is 19.2 Å². The SMILES string of the molecule is Cc1nc2cnc(N3CCN(C4CC4)CC3(C)C)c(C#N)c2c(=O)n1CC#Cc1ccc(Cl)cc1-c1ccnc2c(C(=O)O)csc12. The fraction of sp³-hybridized carbons (Fsp3) is 0.314. The molecule has 1 aromatic carbocycles. The third kappa shape index (κ3) is 5.51. The number of anilines is 1. The molecule has 0 radical (unpaired) electrons. The maximum atomic E-state index is 14.0. The molecule has 1 N–H and O–H groups in total. The number of thiophene rings is 1. The predicted molar refractivity (Wildman–Crippen MR) is 183 cm³/mol. The molecule has 4 aromatic heterocycles. The second-order valence-electron chi connectivity index (χ2n) is 12.5. The third-order valence-corrected chi connectivity index (χ3v) is 10.2. The van der Waals surface area contributed by atoms with Crippen molar-refractivity contribution >= 4 is 55.8 Å². The molecule has 0 spiro atoms. The van der Waals surface area contributed by atoms with Crippen LogP contribution in [-0.4, -0.2) is 66.7 Å². The van der Waals surface area contributed by atoms with Crippen molar-refractivity contribution < 1.29 is 9.90 Å². The molecule has 236 valence electrons. The van der Waals surface area contributed by atoms with E-state index in [0.29, 0.717) is 50.5 Å². The smallest absolute Gasteiger partial charge is 0.338 e. The Morgan fingerprint density at radius 3 is 2.72 bits per heavy atom. The Kier molecular flexibility index (Phi) is 7.72. The number of benzene rings is 1. The van der Waals surface area contributed by atoms with E-state index in [1.54, 1.807) is 42.9 Å². The number of carboxylic acids is 1. The number of aromatic carboxylic acids is 1. The number of hydrogen-bond donors (Lipinski definition) is 1. The van der Waals surface area contributed by atoms with E-state index in [2.05, 4.69) is 56.5 Å². The van der Waals surface area contributed by atoms with Gasteiger partial charge in [0.1, 0.15) is 23.3 Å². The van der Waals surface area contributed by atoms with Crippen LogP contribution >= 0.6 is 22.9 Å². The van der Waals surface area contributed by atoms with Crippen LogP contribution in [0.25, 0.3) is 32.2 Å². The Hall–Kier alpha value is -4.81. The molecule has 10 nitrogen and oxygen atoms in total. The number of carbonyl (C=O) groups is 1. The van der Waals surface area contributed by atoms with Gasteiger partial charge in [0.25, 0.3) is 5.56 Å². The molecule has 5 heterocycles. The van der Waals surface area contributed by atoms with Crippen LogP contribution in [0.15, 0.2) is 46.8 Å². The summed E-state index contributed by atoms with van der Waals surface area (Å²) < 4.78 is 2.20. The second-order valence-corrected chi connectivity index (χ2v) is 13.8. The molecule has 2 aliphatic rings. The Labute approximate surface area is 279 Å². The number of rotatable bonds is 5. The summed E-state index contributed by atoms with van der Waals surface area (Å²) >= 11 is 7.69. The fourth-order valence-electron chi connectivity index (χ4n) is 6.50. The lowest BCUT2D eigenvalue weighted by Crippen LogP contribution is -2.60. The molecule has 1 aliphatic carbocycles. The molecule has 1 aliphatic heterocycles. The summed E-state index contributed by atoms with van der Waals surface area (Å²) in [5, 5.41) is 22.3. The summed E-state index contributed by atoms with van der Waals surface area (Å²) in [6.07, 6.45) is 5.63. The highest BCUT2D eigenvalue weighted by Gasteiger charge is 2.41. The van der Waals surface area contributed by atoms with E-state index in [1.807, 2.05) is 6.07 Å². The molecule has 0 amide bonds. The van der Waals surface area contributed by atoms with E-state index in [-0.39, 0.29) is 34.2 Å². The van der Waals surface area contributed by atoms with E-state index in [9.17, 15) is 20.0 Å². The first-order valence-electron chi connectivity index (χ1n) is 15.3. The molecular weight excluding hydrogens is 634 g/mol. The number of aromatic nitrogens is 4. The van der Waals surface area contributed by atoms with Gasteiger partial charge >= 0.3 is 5.97 Å². The summed E-state index contributed by atoms with van der Waals surface area (Å²) in [7, 11) is 0. The van der Waals surface area contributed by atoms with Gasteiger partial charge in [0.15, 0.2) is 0 Å². The van der Waals surface area contributed by atoms with Crippen LogP contribution in [0.5, 0.6) is 0 Å². The standard InChI is InChI=1S/C35H30ClN7O3S/c1-20-40-28-17-39-32(43-14-13-41(23-8-9-23)19-35(43,2)3)26(16-37)29(28)33(44)42(20)12-4-5-21-6-7-22(36)15-25(21)24-10-11-38-30-27(34(45)46)18-47-31(24)30/h6-7,10-11,15,17-18,23H,8-9,12-14,19H2,1-3H3,(H,45,46). The first-order chi connectivity index (χ1) is 22.6. The summed E-state index contributed by atoms with van der Waals surface area (Å²) in [5.41, 5.74) is 2.68. The normalized spacial score (nSPS) is 16.2. The van der Waals surface area contributed by atoms with E-state index >= 15 is 0 Å². The van der Waals surface area contributed by atoms with Gasteiger partial charge in [0.05, 0.1) is 39.4 Å². The minimum Gasteiger partial charge on any atom is -0.478 e. The van der Waals surface area contributed by atoms with E-state index in [0.717, 1.165) is 24.2 Å². The number of piperazine rings is 1. The molecule has 12 heteroatoms. The number of aryl methyl sites for hydroxylation is 1. The molecule has 0 unspecified atom stereocenters. The van der Waals surface area contributed by atoms with Crippen molar-refractivity contribution in [2.45, 2.75) is 51.7 Å². The maximum Gasteiger partial charge on any atom is 0.338 e. The number of pyridine rings is 2. The molecule has 2 fully saturated rings. The van der Waals surface area contributed by atoms with Crippen molar-refractivity contribution in [1.29, 1.82) is 5.26 Å². The average Bonchev–Trinajstić information content (AvgIpc) is 3.80. The first-order valence-corrected chi connectivity index (χ1v) is 16.5. The summed E-state index contributed by atoms with van der Waals surface area (Å²) in [6.45, 7) is 8.54. The molecule has 47 heavy (non-hydrogen) atoms. The lowest BCUT2D eigenvalue weighted by atomic mass is 9.97. The quantitative estimate of drug-likeness (QED) is 0.235. The van der Waals surface area contributed by atoms with E-state index in [4.69, 9.17) is 11.6 Å². The largest absolute Gasteiger partial charge is 0.478 e. The van der Waals surface area contributed by atoms with E-state index < -0.39 is 5.97 Å². The van der Waals surface area contributed by atoms with Crippen molar-refractivity contribution in [2.75, 3.05) is 24.5 Å². The Bertz CT molecular complexity index is 2270. The molecule has 5 aromatic rings. The van der Waals surface area contributed by atoms with Crippen LogP contribution in [-0.2, 0) is 6.54 Å². The van der Waals surface area contributed by atoms with Crippen molar-refractivity contribution in [1.82, 2.24) is 24.4 Å². The molecule has 0 atom stereocenters. The van der Waals surface area contributed by atoms with Crippen LogP contribution in [0, 0.1) is 30.1 Å². The highest BCUT2D eigenvalue weighted by atomic mass is 35.5. The second kappa shape index (κ2) is 11.8. The number of fused-ring (bicyclic) bond motifs is 2. The number of carboxylic acid groups (broad SMARTS) is 1.